The highest BCUT2D eigenvalue weighted by Crippen LogP contribution is 2.49. The number of hydrogen-bond acceptors (Lipinski definition) is 3. The van der Waals surface area contributed by atoms with Gasteiger partial charge >= 0.3 is 0 Å². The van der Waals surface area contributed by atoms with Crippen LogP contribution in [-0.4, -0.2) is 21.0 Å². The van der Waals surface area contributed by atoms with Crippen LogP contribution in [0.25, 0.3) is 0 Å². The maximum absolute atomic E-state index is 7.32. The Labute approximate surface area is 184 Å². The van der Waals surface area contributed by atoms with Crippen LogP contribution in [0.2, 0.25) is 18.1 Å². The van der Waals surface area contributed by atoms with Gasteiger partial charge in [-0.1, -0.05) is 70.4 Å². The normalized spacial score (nSPS) is 17.9. The molecule has 1 fully saturated rings. The van der Waals surface area contributed by atoms with Crippen LogP contribution in [0.5, 0.6) is 5.75 Å². The maximum Gasteiger partial charge on any atom is 0.192 e. The van der Waals surface area contributed by atoms with Gasteiger partial charge in [0.2, 0.25) is 0 Å². The standard InChI is InChI=1S/C26H39NO2Si/c1-25(2,3)30(5,6)29-26(19-11-8-12-20-26)24(21-13-9-7-10-14-21)27-22-15-17-23(28-4)18-16-22/h7,9-10,13-18,24,27H,8,11-12,19-20H2,1-6H3. The second-order valence-electron chi connectivity index (χ2n) is 10.2. The SMILES string of the molecule is COc1ccc(NC(c2ccccc2)C2(O[Si](C)(C)C(C)(C)C)CCCCC2)cc1. The Bertz CT molecular complexity index is 790. The third-order valence-electron chi connectivity index (χ3n) is 7.02. The largest absolute Gasteiger partial charge is 0.497 e. The molecule has 0 spiro atoms. The molecule has 1 saturated carbocycles. The summed E-state index contributed by atoms with van der Waals surface area (Å²) >= 11 is 0. The van der Waals surface area contributed by atoms with Crippen molar-refractivity contribution < 1.29 is 9.16 Å². The maximum atomic E-state index is 7.32. The molecule has 3 nitrogen and oxygen atoms in total. The number of methoxy groups -OCH3 is 1. The van der Waals surface area contributed by atoms with E-state index in [1.54, 1.807) is 7.11 Å². The van der Waals surface area contributed by atoms with E-state index >= 15 is 0 Å². The first kappa shape index (κ1) is 22.9. The smallest absolute Gasteiger partial charge is 0.192 e. The van der Waals surface area contributed by atoms with Gasteiger partial charge in [-0.2, -0.15) is 0 Å². The van der Waals surface area contributed by atoms with Crippen LogP contribution in [0.15, 0.2) is 54.6 Å². The van der Waals surface area contributed by atoms with Crippen LogP contribution in [-0.2, 0) is 4.43 Å². The number of hydrogen-bond donors (Lipinski definition) is 1. The molecule has 0 aliphatic heterocycles. The summed E-state index contributed by atoms with van der Waals surface area (Å²) in [5.41, 5.74) is 2.21. The number of anilines is 1. The molecule has 1 aliphatic rings. The minimum atomic E-state index is -1.95. The first-order valence-corrected chi connectivity index (χ1v) is 14.2. The molecule has 0 amide bonds. The highest BCUT2D eigenvalue weighted by molar-refractivity contribution is 6.74. The zero-order valence-corrected chi connectivity index (χ0v) is 20.6. The molecule has 1 unspecified atom stereocenters. The molecule has 1 aliphatic carbocycles. The Morgan fingerprint density at radius 2 is 1.50 bits per heavy atom. The molecule has 1 N–H and O–H groups in total. The third-order valence-corrected chi connectivity index (χ3v) is 11.6. The lowest BCUT2D eigenvalue weighted by Crippen LogP contribution is -2.54. The van der Waals surface area contributed by atoms with E-state index in [-0.39, 0.29) is 16.7 Å². The second kappa shape index (κ2) is 9.15. The van der Waals surface area contributed by atoms with Crippen LogP contribution in [0, 0.1) is 0 Å². The molecule has 30 heavy (non-hydrogen) atoms. The number of nitrogens with one attached hydrogen (secondary N) is 1. The first-order valence-electron chi connectivity index (χ1n) is 11.3. The zero-order chi connectivity index (χ0) is 21.8. The predicted octanol–water partition coefficient (Wildman–Crippen LogP) is 7.57. The number of benzene rings is 2. The fourth-order valence-electron chi connectivity index (χ4n) is 4.28. The van der Waals surface area contributed by atoms with E-state index in [1.807, 2.05) is 12.1 Å². The van der Waals surface area contributed by atoms with Crippen molar-refractivity contribution in [1.82, 2.24) is 0 Å². The van der Waals surface area contributed by atoms with E-state index < -0.39 is 8.32 Å². The van der Waals surface area contributed by atoms with Crippen molar-refractivity contribution in [2.75, 3.05) is 12.4 Å². The highest BCUT2D eigenvalue weighted by Gasteiger charge is 2.49. The lowest BCUT2D eigenvalue weighted by molar-refractivity contribution is -0.00180. The van der Waals surface area contributed by atoms with Gasteiger partial charge in [-0.3, -0.25) is 0 Å². The Balaban J connectivity index is 2.02. The summed E-state index contributed by atoms with van der Waals surface area (Å²) in [6.07, 6.45) is 5.95. The summed E-state index contributed by atoms with van der Waals surface area (Å²) in [6, 6.07) is 19.2. The van der Waals surface area contributed by atoms with Crippen molar-refractivity contribution >= 4 is 14.0 Å². The minimum Gasteiger partial charge on any atom is -0.497 e. The topological polar surface area (TPSA) is 30.5 Å². The molecule has 3 rings (SSSR count). The molecule has 164 valence electrons. The van der Waals surface area contributed by atoms with Gasteiger partial charge in [0.1, 0.15) is 5.75 Å². The Morgan fingerprint density at radius 3 is 2.03 bits per heavy atom. The summed E-state index contributed by atoms with van der Waals surface area (Å²) in [6.45, 7) is 11.8. The van der Waals surface area contributed by atoms with Gasteiger partial charge in [0.15, 0.2) is 8.32 Å². The fraction of sp³-hybridized carbons (Fsp3) is 0.538. The second-order valence-corrected chi connectivity index (χ2v) is 14.9. The third kappa shape index (κ3) is 5.09. The number of ether oxygens (including phenoxy) is 1. The van der Waals surface area contributed by atoms with E-state index in [2.05, 4.69) is 81.6 Å². The summed E-state index contributed by atoms with van der Waals surface area (Å²) in [7, 11) is -0.245. The quantitative estimate of drug-likeness (QED) is 0.464. The molecule has 0 aromatic heterocycles. The molecule has 0 radical (unpaired) electrons. The van der Waals surface area contributed by atoms with Crippen LogP contribution in [0.3, 0.4) is 0 Å². The van der Waals surface area contributed by atoms with Crippen molar-refractivity contribution in [2.45, 2.75) is 82.7 Å². The zero-order valence-electron chi connectivity index (χ0n) is 19.6. The van der Waals surface area contributed by atoms with Gasteiger partial charge in [-0.05, 0) is 60.8 Å². The van der Waals surface area contributed by atoms with Crippen molar-refractivity contribution in [3.8, 4) is 5.75 Å². The summed E-state index contributed by atoms with van der Waals surface area (Å²) in [5, 5.41) is 4.05. The van der Waals surface area contributed by atoms with Crippen molar-refractivity contribution in [3.05, 3.63) is 60.2 Å². The van der Waals surface area contributed by atoms with Crippen LogP contribution < -0.4 is 10.1 Å². The number of rotatable bonds is 7. The van der Waals surface area contributed by atoms with E-state index in [0.717, 1.165) is 24.3 Å². The van der Waals surface area contributed by atoms with Crippen LogP contribution in [0.4, 0.5) is 5.69 Å². The summed E-state index contributed by atoms with van der Waals surface area (Å²) in [4.78, 5) is 0. The van der Waals surface area contributed by atoms with Crippen molar-refractivity contribution in [2.24, 2.45) is 0 Å². The van der Waals surface area contributed by atoms with Crippen molar-refractivity contribution in [1.29, 1.82) is 0 Å². The monoisotopic (exact) mass is 425 g/mol. The van der Waals surface area contributed by atoms with E-state index in [4.69, 9.17) is 9.16 Å². The van der Waals surface area contributed by atoms with Crippen molar-refractivity contribution in [3.63, 3.8) is 0 Å². The molecule has 0 heterocycles. The first-order chi connectivity index (χ1) is 14.2. The molecular formula is C26H39NO2Si. The minimum absolute atomic E-state index is 0.113. The summed E-state index contributed by atoms with van der Waals surface area (Å²) in [5.74, 6) is 0.877. The molecule has 0 saturated heterocycles. The van der Waals surface area contributed by atoms with Gasteiger partial charge in [-0.15, -0.1) is 0 Å². The average molecular weight is 426 g/mol. The predicted molar refractivity (Wildman–Crippen MR) is 130 cm³/mol. The Kier molecular flexibility index (Phi) is 6.98. The average Bonchev–Trinajstić information content (AvgIpc) is 2.72. The van der Waals surface area contributed by atoms with Gasteiger partial charge < -0.3 is 14.5 Å². The molecule has 0 bridgehead atoms. The molecular weight excluding hydrogens is 386 g/mol. The molecule has 4 heteroatoms. The summed E-state index contributed by atoms with van der Waals surface area (Å²) < 4.78 is 12.7. The van der Waals surface area contributed by atoms with E-state index in [1.165, 1.54) is 24.8 Å². The van der Waals surface area contributed by atoms with E-state index in [0.29, 0.717) is 0 Å². The molecule has 2 aromatic rings. The van der Waals surface area contributed by atoms with E-state index in [9.17, 15) is 0 Å². The molecule has 1 atom stereocenters. The fourth-order valence-corrected chi connectivity index (χ4v) is 5.92. The Hall–Kier alpha value is -1.78. The van der Waals surface area contributed by atoms with Gasteiger partial charge in [0.05, 0.1) is 18.8 Å². The molecule has 2 aromatic carbocycles. The lowest BCUT2D eigenvalue weighted by Gasteiger charge is -2.51. The van der Waals surface area contributed by atoms with Gasteiger partial charge in [0, 0.05) is 5.69 Å². The lowest BCUT2D eigenvalue weighted by atomic mass is 9.76. The Morgan fingerprint density at radius 1 is 0.900 bits per heavy atom. The highest BCUT2D eigenvalue weighted by atomic mass is 28.4. The van der Waals surface area contributed by atoms with Crippen LogP contribution in [0.1, 0.15) is 64.5 Å². The van der Waals surface area contributed by atoms with Gasteiger partial charge in [-0.25, -0.2) is 0 Å². The van der Waals surface area contributed by atoms with Crippen LogP contribution >= 0.6 is 0 Å². The van der Waals surface area contributed by atoms with Gasteiger partial charge in [0.25, 0.3) is 0 Å².